The maximum Gasteiger partial charge on any atom is 0.255 e. The van der Waals surface area contributed by atoms with Crippen LogP contribution in [0.25, 0.3) is 11.3 Å². The molecule has 1 saturated carbocycles. The number of piperidine rings is 1. The Hall–Kier alpha value is -4.41. The third kappa shape index (κ3) is 5.43. The third-order valence-corrected chi connectivity index (χ3v) is 7.33. The van der Waals surface area contributed by atoms with Crippen LogP contribution in [0.5, 0.6) is 5.75 Å². The van der Waals surface area contributed by atoms with Crippen LogP contribution in [0.2, 0.25) is 0 Å². The van der Waals surface area contributed by atoms with Gasteiger partial charge in [-0.3, -0.25) is 14.4 Å². The molecule has 204 valence electrons. The molecule has 11 heteroatoms. The lowest BCUT2D eigenvalue weighted by Gasteiger charge is -2.32. The van der Waals surface area contributed by atoms with Gasteiger partial charge in [-0.1, -0.05) is 24.3 Å². The van der Waals surface area contributed by atoms with E-state index < -0.39 is 17.6 Å². The van der Waals surface area contributed by atoms with Gasteiger partial charge in [0.2, 0.25) is 5.91 Å². The van der Waals surface area contributed by atoms with Crippen molar-refractivity contribution in [1.82, 2.24) is 20.0 Å². The summed E-state index contributed by atoms with van der Waals surface area (Å²) in [6.45, 7) is 1.45. The number of methoxy groups -OCH3 is 1. The van der Waals surface area contributed by atoms with E-state index in [1.165, 1.54) is 19.2 Å². The standard InChI is InChI=1S/C28H31FN6O4/c1-39-22-9-8-19(29)14-21(22)27(37)32-15-16-2-4-17(5-3-16)24-23(26(31)36)25(30)35(33-24)20-10-12-34(13-11-20)28(38)18-6-7-18/h2-5,8-9,14,18,20H,6-7,10-13,15,30H2,1H3,(H2,31,36)(H,32,37). The van der Waals surface area contributed by atoms with Crippen molar-refractivity contribution in [1.29, 1.82) is 0 Å². The highest BCUT2D eigenvalue weighted by atomic mass is 19.1. The van der Waals surface area contributed by atoms with Crippen LogP contribution in [0.4, 0.5) is 10.2 Å². The first-order chi connectivity index (χ1) is 18.8. The Morgan fingerprint density at radius 1 is 1.08 bits per heavy atom. The zero-order chi connectivity index (χ0) is 27.7. The zero-order valence-electron chi connectivity index (χ0n) is 21.7. The van der Waals surface area contributed by atoms with E-state index in [0.29, 0.717) is 37.2 Å². The molecule has 0 spiro atoms. The van der Waals surface area contributed by atoms with Crippen molar-refractivity contribution in [3.05, 3.63) is 65.0 Å². The maximum atomic E-state index is 13.6. The average Bonchev–Trinajstić information content (AvgIpc) is 3.73. The minimum absolute atomic E-state index is 0.0468. The van der Waals surface area contributed by atoms with Gasteiger partial charge in [-0.25, -0.2) is 9.07 Å². The number of halogens is 1. The van der Waals surface area contributed by atoms with Crippen LogP contribution < -0.4 is 21.5 Å². The minimum atomic E-state index is -0.671. The number of carbonyl (C=O) groups is 3. The van der Waals surface area contributed by atoms with Gasteiger partial charge in [-0.15, -0.1) is 0 Å². The summed E-state index contributed by atoms with van der Waals surface area (Å²) in [5.74, 6) is -0.775. The Kier molecular flexibility index (Phi) is 7.23. The molecule has 1 aliphatic heterocycles. The SMILES string of the molecule is COc1ccc(F)cc1C(=O)NCc1ccc(-c2nn(C3CCN(C(=O)C4CC4)CC3)c(N)c2C(N)=O)cc1. The number of benzene rings is 2. The summed E-state index contributed by atoms with van der Waals surface area (Å²) in [5, 5.41) is 7.44. The number of hydrogen-bond acceptors (Lipinski definition) is 6. The fourth-order valence-electron chi connectivity index (χ4n) is 5.01. The van der Waals surface area contributed by atoms with Crippen LogP contribution in [0, 0.1) is 11.7 Å². The number of hydrogen-bond donors (Lipinski definition) is 3. The van der Waals surface area contributed by atoms with Crippen molar-refractivity contribution >= 4 is 23.5 Å². The molecule has 1 saturated heterocycles. The first kappa shape index (κ1) is 26.2. The summed E-state index contributed by atoms with van der Waals surface area (Å²) in [4.78, 5) is 39.2. The highest BCUT2D eigenvalue weighted by Crippen LogP contribution is 2.35. The molecular weight excluding hydrogens is 503 g/mol. The number of rotatable bonds is 8. The second-order valence-electron chi connectivity index (χ2n) is 9.97. The zero-order valence-corrected chi connectivity index (χ0v) is 21.7. The van der Waals surface area contributed by atoms with Gasteiger partial charge in [0.05, 0.1) is 18.7 Å². The first-order valence-electron chi connectivity index (χ1n) is 12.9. The number of nitrogens with two attached hydrogens (primary N) is 2. The Labute approximate surface area is 225 Å². The number of nitrogens with zero attached hydrogens (tertiary/aromatic N) is 3. The molecule has 2 heterocycles. The molecule has 2 fully saturated rings. The third-order valence-electron chi connectivity index (χ3n) is 7.33. The van der Waals surface area contributed by atoms with Gasteiger partial charge in [-0.2, -0.15) is 5.10 Å². The second kappa shape index (κ2) is 10.8. The Bertz CT molecular complexity index is 1410. The van der Waals surface area contributed by atoms with E-state index in [9.17, 15) is 18.8 Å². The van der Waals surface area contributed by atoms with E-state index in [-0.39, 0.29) is 47.1 Å². The van der Waals surface area contributed by atoms with E-state index in [1.807, 2.05) is 4.90 Å². The van der Waals surface area contributed by atoms with Gasteiger partial charge in [0.25, 0.3) is 11.8 Å². The van der Waals surface area contributed by atoms with Crippen molar-refractivity contribution < 1.29 is 23.5 Å². The van der Waals surface area contributed by atoms with Crippen molar-refractivity contribution in [3.63, 3.8) is 0 Å². The molecule has 0 radical (unpaired) electrons. The highest BCUT2D eigenvalue weighted by Gasteiger charge is 2.36. The average molecular weight is 535 g/mol. The fraction of sp³-hybridized carbons (Fsp3) is 0.357. The minimum Gasteiger partial charge on any atom is -0.496 e. The number of likely N-dealkylation sites (tertiary alicyclic amines) is 1. The van der Waals surface area contributed by atoms with E-state index in [0.717, 1.165) is 24.5 Å². The van der Waals surface area contributed by atoms with Gasteiger partial charge in [0.1, 0.15) is 28.6 Å². The summed E-state index contributed by atoms with van der Waals surface area (Å²) >= 11 is 0. The summed E-state index contributed by atoms with van der Waals surface area (Å²) in [5.41, 5.74) is 14.1. The van der Waals surface area contributed by atoms with Crippen LogP contribution >= 0.6 is 0 Å². The van der Waals surface area contributed by atoms with Crippen molar-refractivity contribution in [2.45, 2.75) is 38.3 Å². The van der Waals surface area contributed by atoms with Gasteiger partial charge in [0.15, 0.2) is 0 Å². The van der Waals surface area contributed by atoms with Crippen LogP contribution in [0.15, 0.2) is 42.5 Å². The van der Waals surface area contributed by atoms with Crippen LogP contribution in [-0.2, 0) is 11.3 Å². The van der Waals surface area contributed by atoms with E-state index in [1.54, 1.807) is 28.9 Å². The molecular formula is C28H31FN6O4. The molecule has 1 aliphatic carbocycles. The lowest BCUT2D eigenvalue weighted by atomic mass is 10.0. The lowest BCUT2D eigenvalue weighted by Crippen LogP contribution is -2.40. The van der Waals surface area contributed by atoms with Gasteiger partial charge < -0.3 is 26.4 Å². The topological polar surface area (TPSA) is 146 Å². The molecule has 3 amide bonds. The molecule has 2 aromatic carbocycles. The molecule has 0 unspecified atom stereocenters. The van der Waals surface area contributed by atoms with Crippen LogP contribution in [0.3, 0.4) is 0 Å². The molecule has 5 N–H and O–H groups in total. The number of nitrogens with one attached hydrogen (secondary N) is 1. The molecule has 3 aromatic rings. The quantitative estimate of drug-likeness (QED) is 0.405. The molecule has 2 aliphatic rings. The number of anilines is 1. The maximum absolute atomic E-state index is 13.6. The first-order valence-corrected chi connectivity index (χ1v) is 12.9. The molecule has 1 aromatic heterocycles. The monoisotopic (exact) mass is 534 g/mol. The van der Waals surface area contributed by atoms with Crippen molar-refractivity contribution in [2.75, 3.05) is 25.9 Å². The molecule has 0 atom stereocenters. The highest BCUT2D eigenvalue weighted by molar-refractivity contribution is 6.03. The molecule has 5 rings (SSSR count). The lowest BCUT2D eigenvalue weighted by molar-refractivity contribution is -0.133. The Morgan fingerprint density at radius 2 is 1.77 bits per heavy atom. The number of carbonyl (C=O) groups excluding carboxylic acids is 3. The van der Waals surface area contributed by atoms with Gasteiger partial charge in [-0.05, 0) is 49.4 Å². The summed E-state index contributed by atoms with van der Waals surface area (Å²) < 4.78 is 20.4. The van der Waals surface area contributed by atoms with Crippen LogP contribution in [-0.4, -0.2) is 52.6 Å². The van der Waals surface area contributed by atoms with E-state index in [2.05, 4.69) is 10.4 Å². The number of nitrogen functional groups attached to an aromatic ring is 1. The normalized spacial score (nSPS) is 15.7. The Balaban J connectivity index is 1.29. The van der Waals surface area contributed by atoms with Crippen LogP contribution in [0.1, 0.15) is 58.0 Å². The number of aromatic nitrogens is 2. The van der Waals surface area contributed by atoms with E-state index >= 15 is 0 Å². The summed E-state index contributed by atoms with van der Waals surface area (Å²) in [6, 6.07) is 10.8. The largest absolute Gasteiger partial charge is 0.496 e. The predicted octanol–water partition coefficient (Wildman–Crippen LogP) is 2.88. The predicted molar refractivity (Wildman–Crippen MR) is 142 cm³/mol. The Morgan fingerprint density at radius 3 is 2.38 bits per heavy atom. The second-order valence-corrected chi connectivity index (χ2v) is 9.97. The van der Waals surface area contributed by atoms with Crippen molar-refractivity contribution in [3.8, 4) is 17.0 Å². The molecule has 39 heavy (non-hydrogen) atoms. The summed E-state index contributed by atoms with van der Waals surface area (Å²) in [7, 11) is 1.41. The summed E-state index contributed by atoms with van der Waals surface area (Å²) in [6.07, 6.45) is 3.33. The smallest absolute Gasteiger partial charge is 0.255 e. The number of amides is 3. The van der Waals surface area contributed by atoms with E-state index in [4.69, 9.17) is 16.2 Å². The molecule has 0 bridgehead atoms. The number of ether oxygens (including phenoxy) is 1. The van der Waals surface area contributed by atoms with Gasteiger partial charge >= 0.3 is 0 Å². The van der Waals surface area contributed by atoms with Crippen molar-refractivity contribution in [2.24, 2.45) is 11.7 Å². The number of primary amides is 1. The molecule has 10 nitrogen and oxygen atoms in total. The van der Waals surface area contributed by atoms with Gasteiger partial charge in [0, 0.05) is 31.1 Å². The fourth-order valence-corrected chi connectivity index (χ4v) is 5.01.